The van der Waals surface area contributed by atoms with Crippen molar-refractivity contribution in [2.24, 2.45) is 0 Å². The Morgan fingerprint density at radius 3 is 2.52 bits per heavy atom. The Kier molecular flexibility index (Phi) is 6.01. The number of para-hydroxylation sites is 2. The summed E-state index contributed by atoms with van der Waals surface area (Å²) in [5.74, 6) is 2.27. The third kappa shape index (κ3) is 4.19. The van der Waals surface area contributed by atoms with E-state index < -0.39 is 0 Å². The van der Waals surface area contributed by atoms with E-state index in [2.05, 4.69) is 22.9 Å². The number of furan rings is 1. The molecule has 0 saturated carbocycles. The van der Waals surface area contributed by atoms with Crippen LogP contribution in [-0.2, 0) is 6.42 Å². The van der Waals surface area contributed by atoms with Crippen LogP contribution in [0.2, 0.25) is 0 Å². The summed E-state index contributed by atoms with van der Waals surface area (Å²) >= 11 is 3.69. The standard InChI is InChI=1S/C29H23BrO3/c1-2-3-12-25-27(23-11-7-8-13-24(23)33-25)29(31)20-14-16-22-19(18-20)15-17-26(28(22)30)32-21-9-5-4-6-10-21/h4-11,13-18H,2-3,12H2,1H3. The number of ether oxygens (including phenoxy) is 1. The van der Waals surface area contributed by atoms with Gasteiger partial charge < -0.3 is 9.15 Å². The molecule has 4 heteroatoms. The Morgan fingerprint density at radius 2 is 1.70 bits per heavy atom. The highest BCUT2D eigenvalue weighted by Crippen LogP contribution is 2.37. The van der Waals surface area contributed by atoms with Gasteiger partial charge in [0.05, 0.1) is 10.0 Å². The fourth-order valence-electron chi connectivity index (χ4n) is 4.11. The summed E-state index contributed by atoms with van der Waals surface area (Å²) < 4.78 is 13.0. The lowest BCUT2D eigenvalue weighted by Crippen LogP contribution is -2.04. The predicted octanol–water partition coefficient (Wildman–Crippen LogP) is 8.71. The number of carbonyl (C=O) groups is 1. The number of aryl methyl sites for hydroxylation is 1. The third-order valence-electron chi connectivity index (χ3n) is 5.80. The molecule has 0 fully saturated rings. The van der Waals surface area contributed by atoms with Crippen LogP contribution in [0.15, 0.2) is 93.8 Å². The second-order valence-corrected chi connectivity index (χ2v) is 8.85. The van der Waals surface area contributed by atoms with Gasteiger partial charge in [-0.25, -0.2) is 0 Å². The van der Waals surface area contributed by atoms with Gasteiger partial charge in [-0.15, -0.1) is 0 Å². The van der Waals surface area contributed by atoms with E-state index in [0.717, 1.165) is 62.7 Å². The van der Waals surface area contributed by atoms with Crippen molar-refractivity contribution in [1.82, 2.24) is 0 Å². The van der Waals surface area contributed by atoms with Gasteiger partial charge in [-0.05, 0) is 63.5 Å². The fraction of sp³-hybridized carbons (Fsp3) is 0.138. The van der Waals surface area contributed by atoms with Crippen molar-refractivity contribution in [3.63, 3.8) is 0 Å². The Balaban J connectivity index is 1.53. The lowest BCUT2D eigenvalue weighted by atomic mass is 9.96. The van der Waals surface area contributed by atoms with Gasteiger partial charge in [-0.3, -0.25) is 4.79 Å². The quantitative estimate of drug-likeness (QED) is 0.210. The van der Waals surface area contributed by atoms with Crippen molar-refractivity contribution in [2.45, 2.75) is 26.2 Å². The molecule has 0 spiro atoms. The summed E-state index contributed by atoms with van der Waals surface area (Å²) in [6.07, 6.45) is 2.78. The van der Waals surface area contributed by atoms with Gasteiger partial charge in [0.2, 0.25) is 0 Å². The van der Waals surface area contributed by atoms with E-state index >= 15 is 0 Å². The minimum Gasteiger partial charge on any atom is -0.460 e. The fourth-order valence-corrected chi connectivity index (χ4v) is 4.68. The summed E-state index contributed by atoms with van der Waals surface area (Å²) in [6, 6.07) is 27.2. The van der Waals surface area contributed by atoms with E-state index in [-0.39, 0.29) is 5.78 Å². The van der Waals surface area contributed by atoms with Gasteiger partial charge in [0.25, 0.3) is 0 Å². The Labute approximate surface area is 201 Å². The molecule has 5 rings (SSSR count). The van der Waals surface area contributed by atoms with Crippen LogP contribution in [0.25, 0.3) is 21.7 Å². The third-order valence-corrected chi connectivity index (χ3v) is 6.62. The van der Waals surface area contributed by atoms with Crippen molar-refractivity contribution in [1.29, 1.82) is 0 Å². The van der Waals surface area contributed by atoms with Gasteiger partial charge in [0, 0.05) is 17.4 Å². The molecule has 0 N–H and O–H groups in total. The molecular weight excluding hydrogens is 476 g/mol. The van der Waals surface area contributed by atoms with E-state index in [9.17, 15) is 4.79 Å². The van der Waals surface area contributed by atoms with Gasteiger partial charge >= 0.3 is 0 Å². The number of halogens is 1. The second-order valence-electron chi connectivity index (χ2n) is 8.06. The number of ketones is 1. The molecule has 0 radical (unpaired) electrons. The minimum atomic E-state index is -0.00584. The number of fused-ring (bicyclic) bond motifs is 2. The van der Waals surface area contributed by atoms with Crippen LogP contribution in [0, 0.1) is 0 Å². The molecule has 0 unspecified atom stereocenters. The molecule has 0 amide bonds. The van der Waals surface area contributed by atoms with E-state index in [1.54, 1.807) is 0 Å². The van der Waals surface area contributed by atoms with E-state index in [0.29, 0.717) is 11.1 Å². The average molecular weight is 499 g/mol. The molecule has 0 aliphatic heterocycles. The Bertz CT molecular complexity index is 1450. The van der Waals surface area contributed by atoms with Crippen LogP contribution >= 0.6 is 15.9 Å². The molecule has 0 aliphatic rings. The maximum Gasteiger partial charge on any atom is 0.197 e. The van der Waals surface area contributed by atoms with E-state index in [4.69, 9.17) is 9.15 Å². The Morgan fingerprint density at radius 1 is 0.909 bits per heavy atom. The molecule has 3 nitrogen and oxygen atoms in total. The first-order chi connectivity index (χ1) is 16.2. The zero-order valence-electron chi connectivity index (χ0n) is 18.3. The second kappa shape index (κ2) is 9.24. The van der Waals surface area contributed by atoms with Crippen LogP contribution in [0.3, 0.4) is 0 Å². The largest absolute Gasteiger partial charge is 0.460 e. The summed E-state index contributed by atoms with van der Waals surface area (Å²) in [7, 11) is 0. The molecule has 4 aromatic carbocycles. The lowest BCUT2D eigenvalue weighted by molar-refractivity contribution is 0.103. The van der Waals surface area contributed by atoms with E-state index in [1.807, 2.05) is 84.9 Å². The van der Waals surface area contributed by atoms with Crippen LogP contribution in [0.1, 0.15) is 41.4 Å². The number of benzene rings is 4. The molecule has 0 atom stereocenters. The highest BCUT2D eigenvalue weighted by molar-refractivity contribution is 9.10. The van der Waals surface area contributed by atoms with Crippen molar-refractivity contribution < 1.29 is 13.9 Å². The first-order valence-corrected chi connectivity index (χ1v) is 12.0. The number of carbonyl (C=O) groups excluding carboxylic acids is 1. The van der Waals surface area contributed by atoms with Gasteiger partial charge in [0.1, 0.15) is 22.8 Å². The van der Waals surface area contributed by atoms with Crippen molar-refractivity contribution in [2.75, 3.05) is 0 Å². The number of hydrogen-bond donors (Lipinski definition) is 0. The van der Waals surface area contributed by atoms with Crippen molar-refractivity contribution in [3.8, 4) is 11.5 Å². The highest BCUT2D eigenvalue weighted by atomic mass is 79.9. The van der Waals surface area contributed by atoms with Crippen molar-refractivity contribution in [3.05, 3.63) is 106 Å². The zero-order valence-corrected chi connectivity index (χ0v) is 19.9. The maximum absolute atomic E-state index is 13.6. The topological polar surface area (TPSA) is 39.4 Å². The molecule has 1 aromatic heterocycles. The lowest BCUT2D eigenvalue weighted by Gasteiger charge is -2.11. The molecule has 5 aromatic rings. The molecular formula is C29H23BrO3. The van der Waals surface area contributed by atoms with Gasteiger partial charge in [-0.2, -0.15) is 0 Å². The molecule has 0 saturated heterocycles. The predicted molar refractivity (Wildman–Crippen MR) is 136 cm³/mol. The summed E-state index contributed by atoms with van der Waals surface area (Å²) in [6.45, 7) is 2.14. The number of rotatable bonds is 7. The maximum atomic E-state index is 13.6. The monoisotopic (exact) mass is 498 g/mol. The SMILES string of the molecule is CCCCc1oc2ccccc2c1C(=O)c1ccc2c(Br)c(Oc3ccccc3)ccc2c1. The number of hydrogen-bond acceptors (Lipinski definition) is 3. The molecule has 0 aliphatic carbocycles. The van der Waals surface area contributed by atoms with Crippen LogP contribution < -0.4 is 4.74 Å². The highest BCUT2D eigenvalue weighted by Gasteiger charge is 2.22. The summed E-state index contributed by atoms with van der Waals surface area (Å²) in [5.41, 5.74) is 2.09. The smallest absolute Gasteiger partial charge is 0.197 e. The molecule has 33 heavy (non-hydrogen) atoms. The molecule has 1 heterocycles. The minimum absolute atomic E-state index is 0.00584. The first-order valence-electron chi connectivity index (χ1n) is 11.2. The van der Waals surface area contributed by atoms with Gasteiger partial charge in [-0.1, -0.05) is 67.9 Å². The normalized spacial score (nSPS) is 11.2. The van der Waals surface area contributed by atoms with Crippen LogP contribution in [0.4, 0.5) is 0 Å². The number of unbranched alkanes of at least 4 members (excludes halogenated alkanes) is 1. The van der Waals surface area contributed by atoms with Gasteiger partial charge in [0.15, 0.2) is 5.78 Å². The van der Waals surface area contributed by atoms with Crippen molar-refractivity contribution >= 4 is 43.5 Å². The first kappa shape index (κ1) is 21.5. The summed E-state index contributed by atoms with van der Waals surface area (Å²) in [4.78, 5) is 13.6. The summed E-state index contributed by atoms with van der Waals surface area (Å²) in [5, 5.41) is 2.83. The average Bonchev–Trinajstić information content (AvgIpc) is 3.22. The van der Waals surface area contributed by atoms with E-state index in [1.165, 1.54) is 0 Å². The molecule has 0 bridgehead atoms. The Hall–Kier alpha value is -3.37. The van der Waals surface area contributed by atoms with Crippen LogP contribution in [0.5, 0.6) is 11.5 Å². The molecule has 164 valence electrons. The zero-order chi connectivity index (χ0) is 22.8. The van der Waals surface area contributed by atoms with Crippen LogP contribution in [-0.4, -0.2) is 5.78 Å².